The minimum Gasteiger partial charge on any atom is -0.477 e. The molecule has 0 aliphatic carbocycles. The van der Waals surface area contributed by atoms with Crippen LogP contribution in [0, 0.1) is 0 Å². The molecule has 6 N–H and O–H groups in total. The van der Waals surface area contributed by atoms with Crippen LogP contribution >= 0.6 is 23.1 Å². The van der Waals surface area contributed by atoms with Crippen molar-refractivity contribution >= 4 is 57.5 Å². The fourth-order valence-corrected chi connectivity index (χ4v) is 6.20. The zero-order valence-electron chi connectivity index (χ0n) is 20.8. The predicted molar refractivity (Wildman–Crippen MR) is 143 cm³/mol. The molecule has 2 amide bonds. The summed E-state index contributed by atoms with van der Waals surface area (Å²) >= 11 is 2.49. The topological polar surface area (TPSA) is 195 Å². The second-order valence-corrected chi connectivity index (χ2v) is 10.6. The Hall–Kier alpha value is -4.44. The van der Waals surface area contributed by atoms with Gasteiger partial charge in [-0.25, -0.2) is 14.3 Å². The highest BCUT2D eigenvalue weighted by molar-refractivity contribution is 8.00. The third-order valence-electron chi connectivity index (χ3n) is 6.14. The van der Waals surface area contributed by atoms with Crippen LogP contribution in [-0.2, 0) is 32.8 Å². The number of carbonyl (C=O) groups is 3. The number of rotatable bonds is 8. The van der Waals surface area contributed by atoms with E-state index in [9.17, 15) is 19.5 Å². The van der Waals surface area contributed by atoms with Gasteiger partial charge in [0.05, 0.1) is 5.56 Å². The molecule has 0 aromatic carbocycles. The van der Waals surface area contributed by atoms with Crippen molar-refractivity contribution in [1.82, 2.24) is 25.0 Å². The molecule has 2 atom stereocenters. The number of thioether (sulfide) groups is 1. The molecule has 5 rings (SSSR count). The zero-order chi connectivity index (χ0) is 27.8. The molecular formula is C23H24N9O5S2+. The number of β-lactam (4-membered cyclic amide) rings is 1. The van der Waals surface area contributed by atoms with E-state index in [1.165, 1.54) is 23.8 Å². The van der Waals surface area contributed by atoms with Gasteiger partial charge in [0.2, 0.25) is 0 Å². The molecule has 0 spiro atoms. The number of aromatic nitrogens is 4. The molecule has 14 nitrogen and oxygen atoms in total. The normalized spacial score (nSPS) is 19.0. The second kappa shape index (κ2) is 10.4. The summed E-state index contributed by atoms with van der Waals surface area (Å²) in [5.41, 5.74) is 13.6. The van der Waals surface area contributed by atoms with Crippen molar-refractivity contribution in [2.24, 2.45) is 12.2 Å². The van der Waals surface area contributed by atoms with E-state index in [2.05, 4.69) is 20.6 Å². The van der Waals surface area contributed by atoms with Gasteiger partial charge in [0, 0.05) is 35.9 Å². The number of aryl methyl sites for hydroxylation is 1. The summed E-state index contributed by atoms with van der Waals surface area (Å²) in [6, 6.07) is 4.52. The molecule has 202 valence electrons. The number of nitrogen functional groups attached to an aromatic ring is 2. The summed E-state index contributed by atoms with van der Waals surface area (Å²) in [7, 11) is 3.02. The van der Waals surface area contributed by atoms with Crippen molar-refractivity contribution in [2.75, 3.05) is 24.3 Å². The number of aliphatic carboxylic acids is 1. The van der Waals surface area contributed by atoms with E-state index in [-0.39, 0.29) is 28.8 Å². The lowest BCUT2D eigenvalue weighted by Gasteiger charge is -2.49. The number of hydrogen-bond donors (Lipinski definition) is 4. The number of carboxylic acid groups (broad SMARTS) is 1. The standard InChI is InChI=1S/C23H23N9O5S2/c1-30-15(24)6-13(28-30)11-4-3-5-31(7-11)8-12-9-38-21-17(20(34)32(21)18(12)22(35)36)27-19(33)16(29-37-2)14-10-39-23(25)26-14/h3-7,10,17,21H,8-9H2,1-2H3,(H5-,24,25,26,27,28,33,35,36)/p+1/b29-16+/t17-,21-/m1/s1. The second-order valence-electron chi connectivity index (χ2n) is 8.65. The Morgan fingerprint density at radius 1 is 1.38 bits per heavy atom. The first-order chi connectivity index (χ1) is 18.7. The molecule has 16 heteroatoms. The maximum Gasteiger partial charge on any atom is 0.352 e. The Labute approximate surface area is 229 Å². The molecule has 2 aliphatic rings. The number of nitrogens with one attached hydrogen (secondary N) is 1. The fraction of sp³-hybridized carbons (Fsp3) is 0.261. The fourth-order valence-electron chi connectivity index (χ4n) is 4.32. The van der Waals surface area contributed by atoms with E-state index >= 15 is 0 Å². The Balaban J connectivity index is 1.35. The summed E-state index contributed by atoms with van der Waals surface area (Å²) in [6.45, 7) is 0.244. The van der Waals surface area contributed by atoms with Gasteiger partial charge in [0.1, 0.15) is 41.4 Å². The van der Waals surface area contributed by atoms with E-state index in [0.29, 0.717) is 22.8 Å². The lowest BCUT2D eigenvalue weighted by molar-refractivity contribution is -0.688. The van der Waals surface area contributed by atoms with E-state index in [1.54, 1.807) is 23.2 Å². The summed E-state index contributed by atoms with van der Waals surface area (Å²) in [5.74, 6) is -1.58. The molecular weight excluding hydrogens is 546 g/mol. The first-order valence-electron chi connectivity index (χ1n) is 11.5. The first-order valence-corrected chi connectivity index (χ1v) is 13.4. The number of carbonyl (C=O) groups excluding carboxylic acids is 2. The first kappa shape index (κ1) is 26.2. The third kappa shape index (κ3) is 4.90. The van der Waals surface area contributed by atoms with Crippen molar-refractivity contribution in [3.05, 3.63) is 52.9 Å². The smallest absolute Gasteiger partial charge is 0.352 e. The number of oxime groups is 1. The average molecular weight is 571 g/mol. The third-order valence-corrected chi connectivity index (χ3v) is 8.16. The maximum atomic E-state index is 13.1. The van der Waals surface area contributed by atoms with Crippen molar-refractivity contribution in [3.8, 4) is 11.3 Å². The highest BCUT2D eigenvalue weighted by Crippen LogP contribution is 2.40. The molecule has 0 saturated carbocycles. The van der Waals surface area contributed by atoms with Gasteiger partial charge in [-0.05, 0) is 6.07 Å². The Bertz CT molecular complexity index is 1530. The SMILES string of the molecule is CO/N=C(/C(=O)N[C@@H]1C(=O)N2C(C(=O)O)=C(C[n+]3cccc(-c4cc(N)n(C)n4)c3)CS[C@H]12)c1csc(N)n1. The molecule has 39 heavy (non-hydrogen) atoms. The maximum absolute atomic E-state index is 13.1. The zero-order valence-corrected chi connectivity index (χ0v) is 22.4. The van der Waals surface area contributed by atoms with Crippen LogP contribution in [0.25, 0.3) is 11.3 Å². The molecule has 0 unspecified atom stereocenters. The number of anilines is 2. The van der Waals surface area contributed by atoms with Crippen LogP contribution in [-0.4, -0.2) is 72.5 Å². The van der Waals surface area contributed by atoms with Crippen LogP contribution in [0.1, 0.15) is 5.69 Å². The largest absolute Gasteiger partial charge is 0.477 e. The summed E-state index contributed by atoms with van der Waals surface area (Å²) < 4.78 is 3.40. The Kier molecular flexibility index (Phi) is 6.96. The lowest BCUT2D eigenvalue weighted by Crippen LogP contribution is -2.71. The molecule has 0 bridgehead atoms. The van der Waals surface area contributed by atoms with Gasteiger partial charge in [0.25, 0.3) is 11.8 Å². The lowest BCUT2D eigenvalue weighted by atomic mass is 10.0. The van der Waals surface area contributed by atoms with Crippen LogP contribution < -0.4 is 21.4 Å². The monoisotopic (exact) mass is 570 g/mol. The minimum atomic E-state index is -1.22. The minimum absolute atomic E-state index is 0.0905. The molecule has 3 aromatic heterocycles. The van der Waals surface area contributed by atoms with Gasteiger partial charge in [-0.2, -0.15) is 5.10 Å². The number of pyridine rings is 1. The molecule has 0 radical (unpaired) electrons. The molecule has 1 saturated heterocycles. The highest BCUT2D eigenvalue weighted by atomic mass is 32.2. The van der Waals surface area contributed by atoms with Gasteiger partial charge in [0.15, 0.2) is 29.8 Å². The summed E-state index contributed by atoms with van der Waals surface area (Å²) in [5, 5.41) is 22.0. The van der Waals surface area contributed by atoms with E-state index < -0.39 is 29.2 Å². The van der Waals surface area contributed by atoms with Crippen molar-refractivity contribution in [1.29, 1.82) is 0 Å². The Morgan fingerprint density at radius 2 is 2.18 bits per heavy atom. The molecule has 5 heterocycles. The van der Waals surface area contributed by atoms with Crippen molar-refractivity contribution in [3.63, 3.8) is 0 Å². The van der Waals surface area contributed by atoms with Gasteiger partial charge < -0.3 is 26.7 Å². The van der Waals surface area contributed by atoms with Gasteiger partial charge >= 0.3 is 5.97 Å². The van der Waals surface area contributed by atoms with E-state index in [4.69, 9.17) is 16.3 Å². The van der Waals surface area contributed by atoms with Crippen LogP contribution in [0.3, 0.4) is 0 Å². The van der Waals surface area contributed by atoms with Crippen molar-refractivity contribution in [2.45, 2.75) is 18.0 Å². The molecule has 3 aromatic rings. The van der Waals surface area contributed by atoms with Gasteiger partial charge in [-0.15, -0.1) is 23.1 Å². The van der Waals surface area contributed by atoms with E-state index in [0.717, 1.165) is 16.9 Å². The molecule has 1 fully saturated rings. The van der Waals surface area contributed by atoms with Crippen LogP contribution in [0.15, 0.2) is 52.4 Å². The number of nitrogens with zero attached hydrogens (tertiary/aromatic N) is 6. The number of carboxylic acids is 1. The van der Waals surface area contributed by atoms with Crippen LogP contribution in [0.4, 0.5) is 10.9 Å². The number of thiazole rings is 1. The number of amides is 2. The average Bonchev–Trinajstić information content (AvgIpc) is 3.49. The summed E-state index contributed by atoms with van der Waals surface area (Å²) in [6.07, 6.45) is 3.65. The quantitative estimate of drug-likeness (QED) is 0.122. The van der Waals surface area contributed by atoms with Crippen molar-refractivity contribution < 1.29 is 28.9 Å². The van der Waals surface area contributed by atoms with Gasteiger partial charge in [-0.1, -0.05) is 5.16 Å². The summed E-state index contributed by atoms with van der Waals surface area (Å²) in [4.78, 5) is 48.4. The van der Waals surface area contributed by atoms with Crippen LogP contribution in [0.5, 0.6) is 0 Å². The van der Waals surface area contributed by atoms with Crippen LogP contribution in [0.2, 0.25) is 0 Å². The van der Waals surface area contributed by atoms with E-state index in [1.807, 2.05) is 29.1 Å². The van der Waals surface area contributed by atoms with Gasteiger partial charge in [-0.3, -0.25) is 19.2 Å². The Morgan fingerprint density at radius 3 is 2.82 bits per heavy atom. The molecule has 2 aliphatic heterocycles. The highest BCUT2D eigenvalue weighted by Gasteiger charge is 2.54. The predicted octanol–water partition coefficient (Wildman–Crippen LogP) is -0.215. The number of hydrogen-bond acceptors (Lipinski definition) is 11. The number of fused-ring (bicyclic) bond motifs is 1. The number of nitrogens with two attached hydrogens (primary N) is 2.